The van der Waals surface area contributed by atoms with Gasteiger partial charge in [0.2, 0.25) is 0 Å². The smallest absolute Gasteiger partial charge is 0.253 e. The Kier molecular flexibility index (Phi) is 5.51. The van der Waals surface area contributed by atoms with Gasteiger partial charge in [0.1, 0.15) is 11.9 Å². The van der Waals surface area contributed by atoms with Gasteiger partial charge in [-0.1, -0.05) is 17.7 Å². The highest BCUT2D eigenvalue weighted by atomic mass is 35.5. The molecule has 2 saturated heterocycles. The van der Waals surface area contributed by atoms with Crippen molar-refractivity contribution < 1.29 is 13.9 Å². The molecular formula is C17H22ClFN2O2. The number of carbonyl (C=O) groups excluding carboxylic acids is 1. The van der Waals surface area contributed by atoms with Crippen LogP contribution in [0.3, 0.4) is 0 Å². The van der Waals surface area contributed by atoms with E-state index in [0.29, 0.717) is 36.8 Å². The zero-order valence-corrected chi connectivity index (χ0v) is 13.9. The predicted molar refractivity (Wildman–Crippen MR) is 86.9 cm³/mol. The molecule has 1 aromatic rings. The zero-order valence-electron chi connectivity index (χ0n) is 13.1. The minimum Gasteiger partial charge on any atom is -0.366 e. The van der Waals surface area contributed by atoms with Crippen molar-refractivity contribution in [3.05, 3.63) is 34.6 Å². The number of benzene rings is 1. The van der Waals surface area contributed by atoms with Gasteiger partial charge in [0, 0.05) is 43.3 Å². The number of hydrogen-bond donors (Lipinski definition) is 0. The van der Waals surface area contributed by atoms with Crippen LogP contribution in [0.2, 0.25) is 5.02 Å². The van der Waals surface area contributed by atoms with Crippen molar-refractivity contribution in [3.8, 4) is 0 Å². The summed E-state index contributed by atoms with van der Waals surface area (Å²) in [5, 5.41) is 0.426. The number of nitrogens with zero attached hydrogens (tertiary/aromatic N) is 2. The van der Waals surface area contributed by atoms with Gasteiger partial charge in [-0.15, -0.1) is 0 Å². The second kappa shape index (κ2) is 7.60. The summed E-state index contributed by atoms with van der Waals surface area (Å²) in [4.78, 5) is 16.5. The second-order valence-corrected chi connectivity index (χ2v) is 6.59. The highest BCUT2D eigenvalue weighted by Crippen LogP contribution is 2.22. The van der Waals surface area contributed by atoms with Gasteiger partial charge in [0.25, 0.3) is 5.91 Å². The van der Waals surface area contributed by atoms with Gasteiger partial charge in [0.05, 0.1) is 6.61 Å². The fraction of sp³-hybridized carbons (Fsp3) is 0.588. The van der Waals surface area contributed by atoms with Crippen molar-refractivity contribution in [2.75, 3.05) is 32.8 Å². The Morgan fingerprint density at radius 3 is 2.78 bits per heavy atom. The standard InChI is InChI=1S/C17H22ClFN2O2/c18-14-5-4-6-15(19)13(14)11-20-9-10-23-16(12-20)17(22)21-7-2-1-3-8-21/h4-6,16H,1-3,7-12H2. The van der Waals surface area contributed by atoms with E-state index in [1.54, 1.807) is 12.1 Å². The number of hydrogen-bond acceptors (Lipinski definition) is 3. The molecule has 126 valence electrons. The summed E-state index contributed by atoms with van der Waals surface area (Å²) >= 11 is 6.10. The quantitative estimate of drug-likeness (QED) is 0.848. The Morgan fingerprint density at radius 2 is 2.04 bits per heavy atom. The average molecular weight is 341 g/mol. The maximum atomic E-state index is 13.9. The number of ether oxygens (including phenoxy) is 1. The molecule has 0 spiro atoms. The molecule has 0 radical (unpaired) electrons. The van der Waals surface area contributed by atoms with Gasteiger partial charge in [0.15, 0.2) is 0 Å². The third kappa shape index (κ3) is 4.03. The molecule has 1 aromatic carbocycles. The van der Waals surface area contributed by atoms with Gasteiger partial charge >= 0.3 is 0 Å². The van der Waals surface area contributed by atoms with Crippen LogP contribution in [0.25, 0.3) is 0 Å². The molecule has 0 saturated carbocycles. The Labute approximate surface area is 141 Å². The van der Waals surface area contributed by atoms with E-state index in [4.69, 9.17) is 16.3 Å². The molecule has 4 nitrogen and oxygen atoms in total. The molecule has 0 bridgehead atoms. The maximum absolute atomic E-state index is 13.9. The predicted octanol–water partition coefficient (Wildman–Crippen LogP) is 2.69. The fourth-order valence-corrected chi connectivity index (χ4v) is 3.44. The summed E-state index contributed by atoms with van der Waals surface area (Å²) in [6.07, 6.45) is 2.86. The molecule has 0 N–H and O–H groups in total. The van der Waals surface area contributed by atoms with Gasteiger partial charge in [-0.3, -0.25) is 9.69 Å². The average Bonchev–Trinajstić information content (AvgIpc) is 2.59. The molecule has 2 aliphatic rings. The van der Waals surface area contributed by atoms with Crippen LogP contribution in [0, 0.1) is 5.82 Å². The summed E-state index contributed by atoms with van der Waals surface area (Å²) in [6.45, 7) is 3.68. The van der Waals surface area contributed by atoms with Crippen LogP contribution in [0.1, 0.15) is 24.8 Å². The van der Waals surface area contributed by atoms with Crippen molar-refractivity contribution >= 4 is 17.5 Å². The van der Waals surface area contributed by atoms with Crippen LogP contribution in [0.5, 0.6) is 0 Å². The molecule has 2 aliphatic heterocycles. The monoisotopic (exact) mass is 340 g/mol. The first-order valence-electron chi connectivity index (χ1n) is 8.21. The summed E-state index contributed by atoms with van der Waals surface area (Å²) in [6, 6.07) is 4.71. The molecular weight excluding hydrogens is 319 g/mol. The molecule has 0 aromatic heterocycles. The van der Waals surface area contributed by atoms with E-state index in [-0.39, 0.29) is 11.7 Å². The van der Waals surface area contributed by atoms with Crippen molar-refractivity contribution in [1.82, 2.24) is 9.80 Å². The lowest BCUT2D eigenvalue weighted by Gasteiger charge is -2.36. The number of rotatable bonds is 3. The molecule has 1 atom stereocenters. The molecule has 23 heavy (non-hydrogen) atoms. The summed E-state index contributed by atoms with van der Waals surface area (Å²) in [5.41, 5.74) is 0.486. The number of morpholine rings is 1. The largest absolute Gasteiger partial charge is 0.366 e. The molecule has 2 fully saturated rings. The third-order valence-electron chi connectivity index (χ3n) is 4.54. The topological polar surface area (TPSA) is 32.8 Å². The molecule has 0 aliphatic carbocycles. The van der Waals surface area contributed by atoms with E-state index < -0.39 is 6.10 Å². The van der Waals surface area contributed by atoms with E-state index in [1.165, 1.54) is 12.5 Å². The molecule has 2 heterocycles. The lowest BCUT2D eigenvalue weighted by Crippen LogP contribution is -2.51. The van der Waals surface area contributed by atoms with Crippen LogP contribution in [-0.4, -0.2) is 54.6 Å². The first-order chi connectivity index (χ1) is 11.1. The van der Waals surface area contributed by atoms with Gasteiger partial charge in [-0.05, 0) is 31.4 Å². The Morgan fingerprint density at radius 1 is 1.26 bits per heavy atom. The number of amides is 1. The van der Waals surface area contributed by atoms with Crippen molar-refractivity contribution in [2.24, 2.45) is 0 Å². The van der Waals surface area contributed by atoms with E-state index in [1.807, 2.05) is 9.80 Å². The van der Waals surface area contributed by atoms with E-state index >= 15 is 0 Å². The maximum Gasteiger partial charge on any atom is 0.253 e. The summed E-state index contributed by atoms with van der Waals surface area (Å²) < 4.78 is 19.6. The number of piperidine rings is 1. The third-order valence-corrected chi connectivity index (χ3v) is 4.89. The van der Waals surface area contributed by atoms with Crippen LogP contribution < -0.4 is 0 Å². The van der Waals surface area contributed by atoms with Crippen molar-refractivity contribution in [3.63, 3.8) is 0 Å². The second-order valence-electron chi connectivity index (χ2n) is 6.18. The first-order valence-corrected chi connectivity index (χ1v) is 8.58. The first kappa shape index (κ1) is 16.7. The SMILES string of the molecule is O=C(C1CN(Cc2c(F)cccc2Cl)CCO1)N1CCCCC1. The number of likely N-dealkylation sites (tertiary alicyclic amines) is 1. The molecule has 1 amide bonds. The van der Waals surface area contributed by atoms with Crippen LogP contribution >= 0.6 is 11.6 Å². The van der Waals surface area contributed by atoms with E-state index in [0.717, 1.165) is 25.9 Å². The Bertz CT molecular complexity index is 543. The minimum atomic E-state index is -0.451. The van der Waals surface area contributed by atoms with E-state index in [2.05, 4.69) is 0 Å². The number of halogens is 2. The van der Waals surface area contributed by atoms with Crippen LogP contribution in [0.4, 0.5) is 4.39 Å². The highest BCUT2D eigenvalue weighted by molar-refractivity contribution is 6.31. The Hall–Kier alpha value is -1.17. The Balaban J connectivity index is 1.63. The highest BCUT2D eigenvalue weighted by Gasteiger charge is 2.31. The minimum absolute atomic E-state index is 0.0639. The van der Waals surface area contributed by atoms with Gasteiger partial charge < -0.3 is 9.64 Å². The normalized spacial score (nSPS) is 23.0. The van der Waals surface area contributed by atoms with Crippen LogP contribution in [0.15, 0.2) is 18.2 Å². The lowest BCUT2D eigenvalue weighted by molar-refractivity contribution is -0.150. The van der Waals surface area contributed by atoms with Crippen LogP contribution in [-0.2, 0) is 16.1 Å². The molecule has 1 unspecified atom stereocenters. The fourth-order valence-electron chi connectivity index (χ4n) is 3.22. The van der Waals surface area contributed by atoms with Crippen molar-refractivity contribution in [1.29, 1.82) is 0 Å². The summed E-state index contributed by atoms with van der Waals surface area (Å²) in [7, 11) is 0. The summed E-state index contributed by atoms with van der Waals surface area (Å²) in [5.74, 6) is -0.239. The van der Waals surface area contributed by atoms with E-state index in [9.17, 15) is 9.18 Å². The van der Waals surface area contributed by atoms with Crippen molar-refractivity contribution in [2.45, 2.75) is 31.9 Å². The zero-order chi connectivity index (χ0) is 16.2. The molecule has 6 heteroatoms. The number of carbonyl (C=O) groups is 1. The molecule has 3 rings (SSSR count). The van der Waals surface area contributed by atoms with Gasteiger partial charge in [-0.2, -0.15) is 0 Å². The lowest BCUT2D eigenvalue weighted by atomic mass is 10.1. The van der Waals surface area contributed by atoms with Gasteiger partial charge in [-0.25, -0.2) is 4.39 Å².